The molecule has 0 unspecified atom stereocenters. The zero-order chi connectivity index (χ0) is 8.97. The van der Waals surface area contributed by atoms with Crippen molar-refractivity contribution in [2.75, 3.05) is 7.11 Å². The first-order valence-electron chi connectivity index (χ1n) is 3.88. The highest BCUT2D eigenvalue weighted by Crippen LogP contribution is 2.18. The van der Waals surface area contributed by atoms with Crippen molar-refractivity contribution in [3.8, 4) is 5.75 Å². The zero-order valence-corrected chi connectivity index (χ0v) is 7.30. The van der Waals surface area contributed by atoms with Crippen LogP contribution in [-0.2, 0) is 6.42 Å². The van der Waals surface area contributed by atoms with E-state index in [0.717, 1.165) is 12.0 Å². The van der Waals surface area contributed by atoms with Gasteiger partial charge in [-0.25, -0.2) is 4.39 Å². The molecule has 1 aromatic rings. The molecule has 1 radical (unpaired) electrons. The Bertz CT molecular complexity index is 258. The van der Waals surface area contributed by atoms with E-state index < -0.39 is 0 Å². The van der Waals surface area contributed by atoms with Crippen LogP contribution in [0.4, 0.5) is 4.39 Å². The lowest BCUT2D eigenvalue weighted by Crippen LogP contribution is -1.90. The Morgan fingerprint density at radius 3 is 2.83 bits per heavy atom. The fourth-order valence-electron chi connectivity index (χ4n) is 1.07. The topological polar surface area (TPSA) is 9.23 Å². The second kappa shape index (κ2) is 4.10. The van der Waals surface area contributed by atoms with E-state index in [1.165, 1.54) is 13.2 Å². The maximum Gasteiger partial charge on any atom is 0.165 e. The summed E-state index contributed by atoms with van der Waals surface area (Å²) in [6.45, 7) is 1.97. The van der Waals surface area contributed by atoms with Gasteiger partial charge < -0.3 is 4.74 Å². The number of methoxy groups -OCH3 is 1. The van der Waals surface area contributed by atoms with E-state index in [0.29, 0.717) is 5.75 Å². The molecule has 0 aliphatic carbocycles. The average Bonchev–Trinajstić information content (AvgIpc) is 2.09. The molecule has 0 saturated carbocycles. The summed E-state index contributed by atoms with van der Waals surface area (Å²) in [5.74, 6) is 0.00621. The molecular formula is C10H12FO. The van der Waals surface area contributed by atoms with Crippen molar-refractivity contribution in [1.29, 1.82) is 0 Å². The van der Waals surface area contributed by atoms with Crippen molar-refractivity contribution in [1.82, 2.24) is 0 Å². The van der Waals surface area contributed by atoms with Gasteiger partial charge in [0.1, 0.15) is 0 Å². The first kappa shape index (κ1) is 9.04. The average molecular weight is 167 g/mol. The van der Waals surface area contributed by atoms with Gasteiger partial charge in [0.25, 0.3) is 0 Å². The molecule has 0 N–H and O–H groups in total. The quantitative estimate of drug-likeness (QED) is 0.672. The maximum absolute atomic E-state index is 12.9. The molecular weight excluding hydrogens is 155 g/mol. The molecule has 0 aromatic heterocycles. The zero-order valence-electron chi connectivity index (χ0n) is 7.30. The van der Waals surface area contributed by atoms with Crippen molar-refractivity contribution < 1.29 is 9.13 Å². The van der Waals surface area contributed by atoms with Gasteiger partial charge in [-0.2, -0.15) is 0 Å². The van der Waals surface area contributed by atoms with Crippen LogP contribution in [0.15, 0.2) is 18.2 Å². The Hall–Kier alpha value is -1.05. The minimum absolute atomic E-state index is 0.308. The molecule has 0 aliphatic heterocycles. The first-order valence-corrected chi connectivity index (χ1v) is 3.88. The third-order valence-electron chi connectivity index (χ3n) is 1.66. The number of benzene rings is 1. The van der Waals surface area contributed by atoms with Crippen LogP contribution in [0.25, 0.3) is 0 Å². The van der Waals surface area contributed by atoms with Crippen molar-refractivity contribution in [3.63, 3.8) is 0 Å². The summed E-state index contributed by atoms with van der Waals surface area (Å²) in [5, 5.41) is 0. The lowest BCUT2D eigenvalue weighted by atomic mass is 10.1. The Morgan fingerprint density at radius 1 is 1.50 bits per heavy atom. The van der Waals surface area contributed by atoms with Crippen LogP contribution >= 0.6 is 0 Å². The van der Waals surface area contributed by atoms with Crippen LogP contribution in [0.2, 0.25) is 0 Å². The molecule has 0 amide bonds. The Balaban J connectivity index is 2.89. The summed E-state index contributed by atoms with van der Waals surface area (Å²) in [5.41, 5.74) is 1.07. The van der Waals surface area contributed by atoms with E-state index in [9.17, 15) is 4.39 Å². The summed E-state index contributed by atoms with van der Waals surface area (Å²) in [7, 11) is 1.47. The standard InChI is InChI=1S/C10H12FO/c1-3-4-8-5-6-9(11)10(7-8)12-2/h3,5-7H,4H2,1-2H3. The highest BCUT2D eigenvalue weighted by atomic mass is 19.1. The van der Waals surface area contributed by atoms with Crippen LogP contribution < -0.4 is 4.74 Å². The number of hydrogen-bond donors (Lipinski definition) is 0. The van der Waals surface area contributed by atoms with Gasteiger partial charge in [0.05, 0.1) is 7.11 Å². The molecule has 1 aromatic carbocycles. The van der Waals surface area contributed by atoms with E-state index in [-0.39, 0.29) is 5.82 Å². The lowest BCUT2D eigenvalue weighted by Gasteiger charge is -2.03. The van der Waals surface area contributed by atoms with Crippen molar-refractivity contribution >= 4 is 0 Å². The van der Waals surface area contributed by atoms with Crippen LogP contribution in [0.1, 0.15) is 12.5 Å². The fraction of sp³-hybridized carbons (Fsp3) is 0.300. The van der Waals surface area contributed by atoms with E-state index >= 15 is 0 Å². The van der Waals surface area contributed by atoms with E-state index in [2.05, 4.69) is 0 Å². The maximum atomic E-state index is 12.9. The number of rotatable bonds is 3. The molecule has 0 heterocycles. The summed E-state index contributed by atoms with van der Waals surface area (Å²) in [6, 6.07) is 4.91. The van der Waals surface area contributed by atoms with E-state index in [4.69, 9.17) is 4.74 Å². The van der Waals surface area contributed by atoms with Crippen LogP contribution in [0.5, 0.6) is 5.75 Å². The van der Waals surface area contributed by atoms with E-state index in [1.54, 1.807) is 12.1 Å². The molecule has 0 atom stereocenters. The molecule has 0 saturated heterocycles. The van der Waals surface area contributed by atoms with Gasteiger partial charge in [-0.1, -0.05) is 13.0 Å². The third kappa shape index (κ3) is 1.97. The van der Waals surface area contributed by atoms with Gasteiger partial charge in [-0.05, 0) is 30.5 Å². The van der Waals surface area contributed by atoms with E-state index in [1.807, 2.05) is 13.3 Å². The Morgan fingerprint density at radius 2 is 2.25 bits per heavy atom. The first-order chi connectivity index (χ1) is 5.77. The summed E-state index contributed by atoms with van der Waals surface area (Å²) < 4.78 is 17.7. The molecule has 1 rings (SSSR count). The van der Waals surface area contributed by atoms with Crippen LogP contribution in [-0.4, -0.2) is 7.11 Å². The van der Waals surface area contributed by atoms with Gasteiger partial charge >= 0.3 is 0 Å². The monoisotopic (exact) mass is 167 g/mol. The minimum Gasteiger partial charge on any atom is -0.494 e. The minimum atomic E-state index is -0.308. The summed E-state index contributed by atoms with van der Waals surface area (Å²) in [6.07, 6.45) is 2.86. The number of ether oxygens (including phenoxy) is 1. The third-order valence-corrected chi connectivity index (χ3v) is 1.66. The van der Waals surface area contributed by atoms with Gasteiger partial charge in [0.2, 0.25) is 0 Å². The second-order valence-corrected chi connectivity index (χ2v) is 2.58. The normalized spacial score (nSPS) is 9.92. The predicted octanol–water partition coefficient (Wildman–Crippen LogP) is 2.60. The number of hydrogen-bond acceptors (Lipinski definition) is 1. The highest BCUT2D eigenvalue weighted by Gasteiger charge is 2.01. The molecule has 0 bridgehead atoms. The molecule has 0 spiro atoms. The van der Waals surface area contributed by atoms with Gasteiger partial charge in [-0.3, -0.25) is 0 Å². The molecule has 65 valence electrons. The molecule has 0 fully saturated rings. The highest BCUT2D eigenvalue weighted by molar-refractivity contribution is 5.30. The molecule has 0 aliphatic rings. The Kier molecular flexibility index (Phi) is 3.09. The summed E-state index contributed by atoms with van der Waals surface area (Å²) in [4.78, 5) is 0. The SMILES string of the molecule is C[CH]Cc1ccc(F)c(OC)c1. The predicted molar refractivity (Wildman–Crippen MR) is 46.6 cm³/mol. The fourth-order valence-corrected chi connectivity index (χ4v) is 1.07. The molecule has 2 heteroatoms. The molecule has 12 heavy (non-hydrogen) atoms. The molecule has 1 nitrogen and oxygen atoms in total. The summed E-state index contributed by atoms with van der Waals surface area (Å²) >= 11 is 0. The van der Waals surface area contributed by atoms with Crippen molar-refractivity contribution in [2.24, 2.45) is 0 Å². The Labute approximate surface area is 72.2 Å². The largest absolute Gasteiger partial charge is 0.494 e. The van der Waals surface area contributed by atoms with Crippen molar-refractivity contribution in [3.05, 3.63) is 36.0 Å². The van der Waals surface area contributed by atoms with Crippen LogP contribution in [0.3, 0.4) is 0 Å². The van der Waals surface area contributed by atoms with Gasteiger partial charge in [0, 0.05) is 0 Å². The van der Waals surface area contributed by atoms with Crippen LogP contribution in [0, 0.1) is 12.2 Å². The van der Waals surface area contributed by atoms with Gasteiger partial charge in [-0.15, -0.1) is 0 Å². The van der Waals surface area contributed by atoms with Gasteiger partial charge in [0.15, 0.2) is 11.6 Å². The van der Waals surface area contributed by atoms with Crippen molar-refractivity contribution in [2.45, 2.75) is 13.3 Å². The second-order valence-electron chi connectivity index (χ2n) is 2.58. The number of halogens is 1. The smallest absolute Gasteiger partial charge is 0.165 e. The lowest BCUT2D eigenvalue weighted by molar-refractivity contribution is 0.386.